The van der Waals surface area contributed by atoms with E-state index in [1.807, 2.05) is 24.3 Å². The van der Waals surface area contributed by atoms with Crippen molar-refractivity contribution in [3.05, 3.63) is 29.8 Å². The van der Waals surface area contributed by atoms with E-state index < -0.39 is 0 Å². The first-order valence-corrected chi connectivity index (χ1v) is 5.41. The van der Waals surface area contributed by atoms with Gasteiger partial charge in [-0.05, 0) is 24.1 Å². The van der Waals surface area contributed by atoms with Gasteiger partial charge in [-0.2, -0.15) is 15.0 Å². The van der Waals surface area contributed by atoms with Crippen LogP contribution in [0.3, 0.4) is 0 Å². The summed E-state index contributed by atoms with van der Waals surface area (Å²) in [6, 6.07) is 7.54. The lowest BCUT2D eigenvalue weighted by atomic mass is 10.1. The number of benzene rings is 1. The average molecular weight is 246 g/mol. The number of hydrogen-bond donors (Lipinski definition) is 4. The van der Waals surface area contributed by atoms with Crippen LogP contribution >= 0.6 is 0 Å². The summed E-state index contributed by atoms with van der Waals surface area (Å²) in [4.78, 5) is 11.5. The molecule has 7 nitrogen and oxygen atoms in total. The minimum Gasteiger partial charge on any atom is -0.396 e. The summed E-state index contributed by atoms with van der Waals surface area (Å²) < 4.78 is 0. The molecule has 1 aromatic carbocycles. The van der Waals surface area contributed by atoms with Gasteiger partial charge in [-0.1, -0.05) is 12.1 Å². The highest BCUT2D eigenvalue weighted by molar-refractivity contribution is 5.55. The molecule has 0 radical (unpaired) electrons. The Morgan fingerprint density at radius 1 is 1.00 bits per heavy atom. The fourth-order valence-corrected chi connectivity index (χ4v) is 1.48. The van der Waals surface area contributed by atoms with E-state index in [0.717, 1.165) is 11.3 Å². The minimum atomic E-state index is 0.0712. The molecule has 0 amide bonds. The largest absolute Gasteiger partial charge is 0.396 e. The number of hydrogen-bond acceptors (Lipinski definition) is 7. The lowest BCUT2D eigenvalue weighted by Gasteiger charge is -2.06. The van der Waals surface area contributed by atoms with E-state index in [1.165, 1.54) is 0 Å². The van der Waals surface area contributed by atoms with Crippen LogP contribution in [-0.4, -0.2) is 26.7 Å². The zero-order valence-corrected chi connectivity index (χ0v) is 9.67. The van der Waals surface area contributed by atoms with Crippen LogP contribution < -0.4 is 16.8 Å². The summed E-state index contributed by atoms with van der Waals surface area (Å²) in [7, 11) is 0. The highest BCUT2D eigenvalue weighted by Gasteiger charge is 2.02. The monoisotopic (exact) mass is 246 g/mol. The van der Waals surface area contributed by atoms with Crippen LogP contribution in [0, 0.1) is 0 Å². The molecule has 7 heteroatoms. The molecule has 94 valence electrons. The molecule has 2 aromatic rings. The number of aliphatic hydroxyl groups excluding tert-OH is 1. The maximum absolute atomic E-state index is 8.81. The number of aromatic nitrogens is 3. The summed E-state index contributed by atoms with van der Waals surface area (Å²) >= 11 is 0. The Kier molecular flexibility index (Phi) is 3.54. The third-order valence-corrected chi connectivity index (χ3v) is 2.28. The van der Waals surface area contributed by atoms with Gasteiger partial charge in [0.05, 0.1) is 0 Å². The molecule has 0 atom stereocenters. The Labute approximate surface area is 104 Å². The van der Waals surface area contributed by atoms with Gasteiger partial charge in [0.15, 0.2) is 0 Å². The fraction of sp³-hybridized carbons (Fsp3) is 0.182. The smallest absolute Gasteiger partial charge is 0.233 e. The van der Waals surface area contributed by atoms with Gasteiger partial charge in [-0.15, -0.1) is 0 Å². The molecule has 0 saturated heterocycles. The summed E-state index contributed by atoms with van der Waals surface area (Å²) in [5, 5.41) is 11.8. The van der Waals surface area contributed by atoms with Crippen LogP contribution in [0.4, 0.5) is 23.5 Å². The topological polar surface area (TPSA) is 123 Å². The molecule has 0 spiro atoms. The highest BCUT2D eigenvalue weighted by Crippen LogP contribution is 2.15. The van der Waals surface area contributed by atoms with E-state index in [0.29, 0.717) is 12.4 Å². The molecule has 2 rings (SSSR count). The van der Waals surface area contributed by atoms with Crippen molar-refractivity contribution >= 4 is 23.5 Å². The molecule has 0 unspecified atom stereocenters. The molecule has 0 fully saturated rings. The van der Waals surface area contributed by atoms with Crippen molar-refractivity contribution in [1.29, 1.82) is 0 Å². The number of nitrogens with two attached hydrogens (primary N) is 2. The van der Waals surface area contributed by atoms with Gasteiger partial charge >= 0.3 is 0 Å². The SMILES string of the molecule is Nc1nc(N)nc(Nc2ccc(CCO)cc2)n1. The van der Waals surface area contributed by atoms with E-state index in [-0.39, 0.29) is 18.5 Å². The summed E-state index contributed by atoms with van der Waals surface area (Å²) in [6.45, 7) is 0.132. The lowest BCUT2D eigenvalue weighted by Crippen LogP contribution is -2.06. The second-order valence-electron chi connectivity index (χ2n) is 3.67. The summed E-state index contributed by atoms with van der Waals surface area (Å²) in [6.07, 6.45) is 0.631. The van der Waals surface area contributed by atoms with Crippen LogP contribution in [0.15, 0.2) is 24.3 Å². The Balaban J connectivity index is 2.13. The van der Waals surface area contributed by atoms with E-state index in [2.05, 4.69) is 20.3 Å². The van der Waals surface area contributed by atoms with E-state index in [4.69, 9.17) is 16.6 Å². The third-order valence-electron chi connectivity index (χ3n) is 2.28. The van der Waals surface area contributed by atoms with Crippen molar-refractivity contribution in [2.75, 3.05) is 23.4 Å². The van der Waals surface area contributed by atoms with Crippen LogP contribution in [0.25, 0.3) is 0 Å². The molecule has 6 N–H and O–H groups in total. The second kappa shape index (κ2) is 5.28. The van der Waals surface area contributed by atoms with Gasteiger partial charge in [0.1, 0.15) is 0 Å². The Morgan fingerprint density at radius 2 is 1.61 bits per heavy atom. The van der Waals surface area contributed by atoms with Crippen molar-refractivity contribution < 1.29 is 5.11 Å². The molecule has 0 aliphatic heterocycles. The van der Waals surface area contributed by atoms with Crippen molar-refractivity contribution in [3.8, 4) is 0 Å². The average Bonchev–Trinajstić information content (AvgIpc) is 2.31. The molecule has 0 aliphatic carbocycles. The predicted octanol–water partition coefficient (Wildman–Crippen LogP) is 0.314. The van der Waals surface area contributed by atoms with Gasteiger partial charge in [0.2, 0.25) is 17.8 Å². The second-order valence-corrected chi connectivity index (χ2v) is 3.67. The first-order valence-electron chi connectivity index (χ1n) is 5.41. The first kappa shape index (κ1) is 12.1. The van der Waals surface area contributed by atoms with E-state index >= 15 is 0 Å². The predicted molar refractivity (Wildman–Crippen MR) is 69.2 cm³/mol. The fourth-order valence-electron chi connectivity index (χ4n) is 1.48. The summed E-state index contributed by atoms with van der Waals surface area (Å²) in [5.41, 5.74) is 12.8. The molecule has 0 saturated carbocycles. The minimum absolute atomic E-state index is 0.0712. The number of nitrogens with one attached hydrogen (secondary N) is 1. The maximum atomic E-state index is 8.81. The highest BCUT2D eigenvalue weighted by atomic mass is 16.2. The van der Waals surface area contributed by atoms with Crippen molar-refractivity contribution in [3.63, 3.8) is 0 Å². The van der Waals surface area contributed by atoms with Crippen LogP contribution in [0.1, 0.15) is 5.56 Å². The van der Waals surface area contributed by atoms with Crippen molar-refractivity contribution in [2.24, 2.45) is 0 Å². The zero-order chi connectivity index (χ0) is 13.0. The number of aliphatic hydroxyl groups is 1. The quantitative estimate of drug-likeness (QED) is 0.612. The standard InChI is InChI=1S/C11H14N6O/c12-9-15-10(13)17-11(16-9)14-8-3-1-7(2-4-8)5-6-18/h1-4,18H,5-6H2,(H5,12,13,14,15,16,17). The molecule has 1 aromatic heterocycles. The number of anilines is 4. The van der Waals surface area contributed by atoms with Crippen LogP contribution in [0.2, 0.25) is 0 Å². The number of rotatable bonds is 4. The first-order chi connectivity index (χ1) is 8.67. The zero-order valence-electron chi connectivity index (χ0n) is 9.67. The van der Waals surface area contributed by atoms with Crippen molar-refractivity contribution in [1.82, 2.24) is 15.0 Å². The van der Waals surface area contributed by atoms with Gasteiger partial charge in [-0.3, -0.25) is 0 Å². The lowest BCUT2D eigenvalue weighted by molar-refractivity contribution is 0.299. The molecular formula is C11H14N6O. The van der Waals surface area contributed by atoms with Crippen molar-refractivity contribution in [2.45, 2.75) is 6.42 Å². The van der Waals surface area contributed by atoms with E-state index in [1.54, 1.807) is 0 Å². The Morgan fingerprint density at radius 3 is 2.17 bits per heavy atom. The normalized spacial score (nSPS) is 10.3. The molecule has 1 heterocycles. The van der Waals surface area contributed by atoms with Crippen LogP contribution in [0.5, 0.6) is 0 Å². The molecule has 0 bridgehead atoms. The Hall–Kier alpha value is -2.41. The number of nitrogens with zero attached hydrogens (tertiary/aromatic N) is 3. The molecule has 0 aliphatic rings. The van der Waals surface area contributed by atoms with E-state index in [9.17, 15) is 0 Å². The maximum Gasteiger partial charge on any atom is 0.233 e. The number of nitrogen functional groups attached to an aromatic ring is 2. The van der Waals surface area contributed by atoms with Gasteiger partial charge < -0.3 is 21.9 Å². The third kappa shape index (κ3) is 3.05. The Bertz CT molecular complexity index is 507. The van der Waals surface area contributed by atoms with Gasteiger partial charge in [0.25, 0.3) is 0 Å². The van der Waals surface area contributed by atoms with Gasteiger partial charge in [0, 0.05) is 12.3 Å². The van der Waals surface area contributed by atoms with Gasteiger partial charge in [-0.25, -0.2) is 0 Å². The molecular weight excluding hydrogens is 232 g/mol. The molecule has 18 heavy (non-hydrogen) atoms. The van der Waals surface area contributed by atoms with Crippen LogP contribution in [-0.2, 0) is 6.42 Å². The summed E-state index contributed by atoms with van der Waals surface area (Å²) in [5.74, 6) is 0.443.